The van der Waals surface area contributed by atoms with Crippen molar-refractivity contribution >= 4 is 0 Å². The molecule has 0 atom stereocenters. The Kier molecular flexibility index (Phi) is 11.1. The van der Waals surface area contributed by atoms with Crippen molar-refractivity contribution in [3.63, 3.8) is 0 Å². The van der Waals surface area contributed by atoms with Crippen LogP contribution in [0.15, 0.2) is 0 Å². The van der Waals surface area contributed by atoms with Crippen LogP contribution < -0.4 is 0 Å². The lowest BCUT2D eigenvalue weighted by atomic mass is 10.4. The van der Waals surface area contributed by atoms with Gasteiger partial charge in [-0.15, -0.1) is 0 Å². The fraction of sp³-hybridized carbons (Fsp3) is 1.00. The quantitative estimate of drug-likeness (QED) is 0.592. The van der Waals surface area contributed by atoms with Gasteiger partial charge in [-0.05, 0) is 42.3 Å². The third-order valence-electron chi connectivity index (χ3n) is 5.18. The first-order valence-corrected chi connectivity index (χ1v) is 9.48. The van der Waals surface area contributed by atoms with E-state index in [4.69, 9.17) is 0 Å². The van der Waals surface area contributed by atoms with Gasteiger partial charge in [0.15, 0.2) is 0 Å². The molecule has 0 amide bonds. The lowest BCUT2D eigenvalue weighted by molar-refractivity contribution is 0.181. The summed E-state index contributed by atoms with van der Waals surface area (Å²) in [5.74, 6) is 0. The fourth-order valence-electron chi connectivity index (χ4n) is 2.72. The molecule has 3 aliphatic rings. The van der Waals surface area contributed by atoms with Gasteiger partial charge in [-0.1, -0.05) is 0 Å². The molecule has 0 saturated carbocycles. The van der Waals surface area contributed by atoms with Gasteiger partial charge in [0.1, 0.15) is 0 Å². The minimum Gasteiger partial charge on any atom is -0.304 e. The van der Waals surface area contributed by atoms with Crippen molar-refractivity contribution in [2.24, 2.45) is 0 Å². The van der Waals surface area contributed by atoms with Crippen LogP contribution >= 0.6 is 0 Å². The second-order valence-electron chi connectivity index (χ2n) is 7.82. The molecule has 0 bridgehead atoms. The van der Waals surface area contributed by atoms with E-state index in [0.29, 0.717) is 0 Å². The van der Waals surface area contributed by atoms with Crippen molar-refractivity contribution < 1.29 is 0 Å². The van der Waals surface area contributed by atoms with E-state index in [1.54, 1.807) is 0 Å². The van der Waals surface area contributed by atoms with Crippen molar-refractivity contribution in [3.05, 3.63) is 0 Å². The van der Waals surface area contributed by atoms with E-state index in [1.807, 2.05) is 0 Å². The molecule has 3 rings (SSSR count). The third kappa shape index (κ3) is 10.6. The Morgan fingerprint density at radius 3 is 0.417 bits per heavy atom. The molecule has 3 heterocycles. The molecule has 3 saturated heterocycles. The van der Waals surface area contributed by atoms with Gasteiger partial charge in [-0.3, -0.25) is 0 Å². The van der Waals surface area contributed by atoms with Gasteiger partial charge in [0.25, 0.3) is 0 Å². The standard InChI is InChI=1S/3C6H14N2/c3*1-7-3-5-8(2)6-4-7/h3*3-6H2,1-2H3. The summed E-state index contributed by atoms with van der Waals surface area (Å²) in [6.45, 7) is 14.8. The van der Waals surface area contributed by atoms with E-state index in [-0.39, 0.29) is 0 Å². The van der Waals surface area contributed by atoms with Gasteiger partial charge in [0, 0.05) is 78.5 Å². The molecule has 0 unspecified atom stereocenters. The van der Waals surface area contributed by atoms with Crippen molar-refractivity contribution in [3.8, 4) is 0 Å². The minimum atomic E-state index is 1.23. The zero-order valence-corrected chi connectivity index (χ0v) is 17.2. The van der Waals surface area contributed by atoms with Crippen LogP contribution in [0, 0.1) is 0 Å². The Hall–Kier alpha value is -0.240. The summed E-state index contributed by atoms with van der Waals surface area (Å²) in [5.41, 5.74) is 0. The Morgan fingerprint density at radius 1 is 0.250 bits per heavy atom. The highest BCUT2D eigenvalue weighted by atomic mass is 15.2. The second kappa shape index (κ2) is 12.2. The van der Waals surface area contributed by atoms with E-state index in [2.05, 4.69) is 71.7 Å². The van der Waals surface area contributed by atoms with Crippen LogP contribution in [0.25, 0.3) is 0 Å². The molecule has 0 N–H and O–H groups in total. The van der Waals surface area contributed by atoms with Crippen LogP contribution in [0.1, 0.15) is 0 Å². The minimum absolute atomic E-state index is 1.23. The molecule has 0 spiro atoms. The number of hydrogen-bond donors (Lipinski definition) is 0. The molecular formula is C18H42N6. The summed E-state index contributed by atoms with van der Waals surface area (Å²) < 4.78 is 0. The van der Waals surface area contributed by atoms with Gasteiger partial charge in [-0.2, -0.15) is 0 Å². The first kappa shape index (κ1) is 21.8. The molecule has 0 aromatic rings. The number of rotatable bonds is 0. The van der Waals surface area contributed by atoms with Crippen LogP contribution in [-0.2, 0) is 0 Å². The van der Waals surface area contributed by atoms with Crippen LogP contribution in [0.5, 0.6) is 0 Å². The Bertz CT molecular complexity index is 212. The molecule has 3 fully saturated rings. The predicted molar refractivity (Wildman–Crippen MR) is 105 cm³/mol. The van der Waals surface area contributed by atoms with E-state index >= 15 is 0 Å². The van der Waals surface area contributed by atoms with Gasteiger partial charge in [-0.25, -0.2) is 0 Å². The molecule has 6 nitrogen and oxygen atoms in total. The van der Waals surface area contributed by atoms with E-state index in [9.17, 15) is 0 Å². The van der Waals surface area contributed by atoms with Crippen LogP contribution in [-0.4, -0.2) is 150 Å². The van der Waals surface area contributed by atoms with Crippen LogP contribution in [0.2, 0.25) is 0 Å². The largest absolute Gasteiger partial charge is 0.304 e. The predicted octanol–water partition coefficient (Wildman–Crippen LogP) is -0.409. The maximum absolute atomic E-state index is 2.36. The van der Waals surface area contributed by atoms with Crippen LogP contribution in [0.4, 0.5) is 0 Å². The smallest absolute Gasteiger partial charge is 0.0107 e. The summed E-state index contributed by atoms with van der Waals surface area (Å²) in [4.78, 5) is 14.2. The van der Waals surface area contributed by atoms with Crippen molar-refractivity contribution in [2.45, 2.75) is 0 Å². The van der Waals surface area contributed by atoms with E-state index in [0.717, 1.165) is 0 Å². The van der Waals surface area contributed by atoms with Gasteiger partial charge in [0.05, 0.1) is 0 Å². The van der Waals surface area contributed by atoms with Gasteiger partial charge < -0.3 is 29.4 Å². The average molecular weight is 343 g/mol. The fourth-order valence-corrected chi connectivity index (χ4v) is 2.72. The number of likely N-dealkylation sites (N-methyl/N-ethyl adjacent to an activating group) is 6. The van der Waals surface area contributed by atoms with Gasteiger partial charge in [0.2, 0.25) is 0 Å². The van der Waals surface area contributed by atoms with Crippen LogP contribution in [0.3, 0.4) is 0 Å². The molecule has 3 aliphatic heterocycles. The Labute approximate surface area is 150 Å². The summed E-state index contributed by atoms with van der Waals surface area (Å²) in [6.07, 6.45) is 0. The maximum atomic E-state index is 2.36. The highest BCUT2D eigenvalue weighted by molar-refractivity contribution is 4.66. The lowest BCUT2D eigenvalue weighted by Crippen LogP contribution is -2.42. The first-order valence-electron chi connectivity index (χ1n) is 9.48. The molecule has 0 radical (unpaired) electrons. The monoisotopic (exact) mass is 342 g/mol. The number of hydrogen-bond acceptors (Lipinski definition) is 6. The van der Waals surface area contributed by atoms with Gasteiger partial charge >= 0.3 is 0 Å². The molecule has 6 heteroatoms. The summed E-state index contributed by atoms with van der Waals surface area (Å²) in [5, 5.41) is 0. The van der Waals surface area contributed by atoms with Crippen molar-refractivity contribution in [1.82, 2.24) is 29.4 Å². The van der Waals surface area contributed by atoms with Crippen molar-refractivity contribution in [2.75, 3.05) is 121 Å². The summed E-state index contributed by atoms with van der Waals surface area (Å²) >= 11 is 0. The molecule has 144 valence electrons. The zero-order chi connectivity index (χ0) is 17.9. The molecule has 0 aliphatic carbocycles. The zero-order valence-electron chi connectivity index (χ0n) is 17.2. The van der Waals surface area contributed by atoms with E-state index < -0.39 is 0 Å². The molecule has 0 aromatic heterocycles. The lowest BCUT2D eigenvalue weighted by Gasteiger charge is -2.28. The highest BCUT2D eigenvalue weighted by Crippen LogP contribution is 1.94. The Balaban J connectivity index is 0.000000180. The summed E-state index contributed by atoms with van der Waals surface area (Å²) in [7, 11) is 13.0. The SMILES string of the molecule is CN1CCN(C)CC1.CN1CCN(C)CC1.CN1CCN(C)CC1. The highest BCUT2D eigenvalue weighted by Gasteiger charge is 2.09. The molecular weight excluding hydrogens is 300 g/mol. The Morgan fingerprint density at radius 2 is 0.333 bits per heavy atom. The first-order chi connectivity index (χ1) is 11.4. The second-order valence-corrected chi connectivity index (χ2v) is 7.82. The van der Waals surface area contributed by atoms with E-state index in [1.165, 1.54) is 78.5 Å². The normalized spacial score (nSPS) is 26.2. The average Bonchev–Trinajstić information content (AvgIpc) is 2.57. The molecule has 0 aromatic carbocycles. The number of piperazine rings is 3. The maximum Gasteiger partial charge on any atom is 0.0107 e. The topological polar surface area (TPSA) is 19.4 Å². The van der Waals surface area contributed by atoms with Crippen molar-refractivity contribution in [1.29, 1.82) is 0 Å². The number of nitrogens with zero attached hydrogens (tertiary/aromatic N) is 6. The third-order valence-corrected chi connectivity index (χ3v) is 5.18. The summed E-state index contributed by atoms with van der Waals surface area (Å²) in [6, 6.07) is 0. The molecule has 24 heavy (non-hydrogen) atoms.